The summed E-state index contributed by atoms with van der Waals surface area (Å²) in [5.41, 5.74) is 5.51. The van der Waals surface area contributed by atoms with Gasteiger partial charge in [0.2, 0.25) is 5.91 Å². The summed E-state index contributed by atoms with van der Waals surface area (Å²) < 4.78 is 10.8. The van der Waals surface area contributed by atoms with E-state index < -0.39 is 16.8 Å². The predicted octanol–water partition coefficient (Wildman–Crippen LogP) is -0.393. The summed E-state index contributed by atoms with van der Waals surface area (Å²) in [6, 6.07) is -0.524. The molecule has 4 nitrogen and oxygen atoms in total. The summed E-state index contributed by atoms with van der Waals surface area (Å²) in [7, 11) is -0.883. The van der Waals surface area contributed by atoms with E-state index in [2.05, 4.69) is 5.32 Å². The average molecular weight is 206 g/mol. The van der Waals surface area contributed by atoms with Crippen molar-refractivity contribution in [1.82, 2.24) is 5.32 Å². The zero-order valence-corrected chi connectivity index (χ0v) is 9.19. The Bertz CT molecular complexity index is 197. The van der Waals surface area contributed by atoms with Gasteiger partial charge < -0.3 is 11.1 Å². The van der Waals surface area contributed by atoms with Crippen LogP contribution < -0.4 is 11.1 Å². The van der Waals surface area contributed by atoms with Crippen LogP contribution in [0.15, 0.2) is 0 Å². The molecule has 0 rings (SSSR count). The summed E-state index contributed by atoms with van der Waals surface area (Å²) in [5.74, 6) is 0.308. The molecule has 2 unspecified atom stereocenters. The van der Waals surface area contributed by atoms with E-state index in [4.69, 9.17) is 5.73 Å². The molecule has 0 aromatic heterocycles. The molecule has 0 heterocycles. The Morgan fingerprint density at radius 2 is 2.15 bits per heavy atom. The number of carbonyl (C=O) groups is 1. The van der Waals surface area contributed by atoms with Crippen LogP contribution in [0.3, 0.4) is 0 Å². The molecule has 0 fully saturated rings. The molecule has 3 N–H and O–H groups in total. The first-order chi connectivity index (χ1) is 5.97. The smallest absolute Gasteiger partial charge is 0.237 e. The van der Waals surface area contributed by atoms with E-state index in [0.717, 1.165) is 0 Å². The fourth-order valence-electron chi connectivity index (χ4n) is 0.929. The van der Waals surface area contributed by atoms with Crippen molar-refractivity contribution in [2.45, 2.75) is 32.4 Å². The molecule has 0 aromatic carbocycles. The van der Waals surface area contributed by atoms with Crippen LogP contribution in [0, 0.1) is 0 Å². The van der Waals surface area contributed by atoms with Crippen LogP contribution in [0.25, 0.3) is 0 Å². The van der Waals surface area contributed by atoms with Crippen molar-refractivity contribution in [1.29, 1.82) is 0 Å². The number of hydrogen-bond acceptors (Lipinski definition) is 3. The average Bonchev–Trinajstić information content (AvgIpc) is 2.01. The maximum Gasteiger partial charge on any atom is 0.237 e. The highest BCUT2D eigenvalue weighted by Crippen LogP contribution is 1.90. The standard InChI is InChI=1S/C8H18N2O2S/c1-4-7(9)8(11)10-6(2)5-13(3)12/h6-7H,4-5,9H2,1-3H3,(H,10,11)/t6?,7-,13?/m1/s1. The largest absolute Gasteiger partial charge is 0.351 e. The molecule has 0 aliphatic carbocycles. The Balaban J connectivity index is 3.84. The lowest BCUT2D eigenvalue weighted by Gasteiger charge is -2.15. The van der Waals surface area contributed by atoms with Crippen molar-refractivity contribution in [2.75, 3.05) is 12.0 Å². The lowest BCUT2D eigenvalue weighted by molar-refractivity contribution is -0.122. The monoisotopic (exact) mass is 206 g/mol. The highest BCUT2D eigenvalue weighted by Gasteiger charge is 2.13. The molecule has 13 heavy (non-hydrogen) atoms. The second-order valence-corrected chi connectivity index (χ2v) is 4.64. The van der Waals surface area contributed by atoms with E-state index in [-0.39, 0.29) is 11.9 Å². The van der Waals surface area contributed by atoms with Gasteiger partial charge in [-0.2, -0.15) is 0 Å². The maximum atomic E-state index is 11.2. The van der Waals surface area contributed by atoms with E-state index in [1.165, 1.54) is 0 Å². The fraction of sp³-hybridized carbons (Fsp3) is 0.875. The van der Waals surface area contributed by atoms with Crippen LogP contribution in [0.5, 0.6) is 0 Å². The van der Waals surface area contributed by atoms with E-state index in [0.29, 0.717) is 12.2 Å². The molecule has 0 aliphatic rings. The molecule has 0 spiro atoms. The SMILES string of the molecule is CC[C@@H](N)C(=O)NC(C)CS(C)=O. The molecule has 0 aliphatic heterocycles. The predicted molar refractivity (Wildman–Crippen MR) is 54.8 cm³/mol. The number of nitrogens with one attached hydrogen (secondary N) is 1. The molecule has 0 bridgehead atoms. The Morgan fingerprint density at radius 1 is 1.62 bits per heavy atom. The van der Waals surface area contributed by atoms with Gasteiger partial charge >= 0.3 is 0 Å². The molecule has 3 atom stereocenters. The summed E-state index contributed by atoms with van der Waals surface area (Å²) >= 11 is 0. The normalized spacial score (nSPS) is 17.5. The zero-order valence-electron chi connectivity index (χ0n) is 8.37. The fourth-order valence-corrected chi connectivity index (χ4v) is 1.72. The van der Waals surface area contributed by atoms with Gasteiger partial charge in [0, 0.05) is 28.9 Å². The first kappa shape index (κ1) is 12.6. The van der Waals surface area contributed by atoms with Gasteiger partial charge in [-0.3, -0.25) is 9.00 Å². The maximum absolute atomic E-state index is 11.2. The summed E-state index contributed by atoms with van der Waals surface area (Å²) in [6.07, 6.45) is 2.23. The second kappa shape index (κ2) is 6.10. The van der Waals surface area contributed by atoms with E-state index >= 15 is 0 Å². The minimum atomic E-state index is -0.883. The van der Waals surface area contributed by atoms with Crippen LogP contribution >= 0.6 is 0 Å². The lowest BCUT2D eigenvalue weighted by atomic mass is 10.2. The molecule has 0 saturated heterocycles. The van der Waals surface area contributed by atoms with Gasteiger partial charge in [0.1, 0.15) is 0 Å². The van der Waals surface area contributed by atoms with E-state index in [1.807, 2.05) is 13.8 Å². The van der Waals surface area contributed by atoms with Gasteiger partial charge in [-0.15, -0.1) is 0 Å². The summed E-state index contributed by atoms with van der Waals surface area (Å²) in [5, 5.41) is 2.70. The molecule has 1 amide bonds. The minimum Gasteiger partial charge on any atom is -0.351 e. The zero-order chi connectivity index (χ0) is 10.4. The van der Waals surface area contributed by atoms with Gasteiger partial charge in [0.15, 0.2) is 0 Å². The van der Waals surface area contributed by atoms with Crippen molar-refractivity contribution in [3.63, 3.8) is 0 Å². The third-order valence-electron chi connectivity index (χ3n) is 1.65. The molecule has 0 aromatic rings. The Hall–Kier alpha value is -0.420. The van der Waals surface area contributed by atoms with Crippen LogP contribution in [0.2, 0.25) is 0 Å². The van der Waals surface area contributed by atoms with Crippen molar-refractivity contribution < 1.29 is 9.00 Å². The van der Waals surface area contributed by atoms with Crippen LogP contribution in [0.1, 0.15) is 20.3 Å². The number of rotatable bonds is 5. The van der Waals surface area contributed by atoms with Crippen LogP contribution in [-0.4, -0.2) is 34.2 Å². The van der Waals surface area contributed by atoms with Gasteiger partial charge in [-0.05, 0) is 13.3 Å². The van der Waals surface area contributed by atoms with Crippen molar-refractivity contribution >= 4 is 16.7 Å². The molecule has 0 saturated carbocycles. The van der Waals surface area contributed by atoms with Gasteiger partial charge in [0.05, 0.1) is 6.04 Å². The highest BCUT2D eigenvalue weighted by atomic mass is 32.2. The number of carbonyl (C=O) groups excluding carboxylic acids is 1. The highest BCUT2D eigenvalue weighted by molar-refractivity contribution is 7.84. The van der Waals surface area contributed by atoms with E-state index in [1.54, 1.807) is 6.26 Å². The van der Waals surface area contributed by atoms with Gasteiger partial charge in [-0.25, -0.2) is 0 Å². The van der Waals surface area contributed by atoms with Crippen LogP contribution in [0.4, 0.5) is 0 Å². The molecule has 0 radical (unpaired) electrons. The lowest BCUT2D eigenvalue weighted by Crippen LogP contribution is -2.45. The van der Waals surface area contributed by atoms with Crippen molar-refractivity contribution in [3.05, 3.63) is 0 Å². The molecule has 78 valence electrons. The third kappa shape index (κ3) is 5.76. The molecular formula is C8H18N2O2S. The first-order valence-electron chi connectivity index (χ1n) is 4.33. The topological polar surface area (TPSA) is 72.2 Å². The van der Waals surface area contributed by atoms with Crippen molar-refractivity contribution in [2.24, 2.45) is 5.73 Å². The first-order valence-corrected chi connectivity index (χ1v) is 6.06. The molecule has 5 heteroatoms. The number of hydrogen-bond donors (Lipinski definition) is 2. The number of amides is 1. The minimum absolute atomic E-state index is 0.0732. The van der Waals surface area contributed by atoms with E-state index in [9.17, 15) is 9.00 Å². The Labute approximate surface area is 81.7 Å². The summed E-state index contributed by atoms with van der Waals surface area (Å²) in [4.78, 5) is 11.2. The van der Waals surface area contributed by atoms with Gasteiger partial charge in [0.25, 0.3) is 0 Å². The van der Waals surface area contributed by atoms with Crippen LogP contribution in [-0.2, 0) is 15.6 Å². The Morgan fingerprint density at radius 3 is 2.54 bits per heavy atom. The van der Waals surface area contributed by atoms with Crippen molar-refractivity contribution in [3.8, 4) is 0 Å². The van der Waals surface area contributed by atoms with Gasteiger partial charge in [-0.1, -0.05) is 6.92 Å². The Kier molecular flexibility index (Phi) is 5.90. The third-order valence-corrected chi connectivity index (χ3v) is 2.62. The quantitative estimate of drug-likeness (QED) is 0.643. The second-order valence-electron chi connectivity index (χ2n) is 3.16. The number of nitrogens with two attached hydrogens (primary N) is 1. The summed E-state index contributed by atoms with van der Waals surface area (Å²) in [6.45, 7) is 3.68. The molecular weight excluding hydrogens is 188 g/mol.